The molecule has 0 heterocycles. The molecule has 0 amide bonds. The Bertz CT molecular complexity index is 134. The Morgan fingerprint density at radius 2 is 1.57 bits per heavy atom. The molecule has 0 radical (unpaired) electrons. The number of hydrogen-bond acceptors (Lipinski definition) is 1. The molecule has 1 aliphatic rings. The summed E-state index contributed by atoms with van der Waals surface area (Å²) in [6.45, 7) is 2.27. The van der Waals surface area contributed by atoms with Crippen molar-refractivity contribution in [2.24, 2.45) is 5.73 Å². The van der Waals surface area contributed by atoms with E-state index in [0.717, 1.165) is 0 Å². The highest BCUT2D eigenvalue weighted by Gasteiger charge is 2.24. The lowest BCUT2D eigenvalue weighted by Gasteiger charge is -2.28. The van der Waals surface area contributed by atoms with E-state index in [1.807, 2.05) is 0 Å². The first-order chi connectivity index (χ1) is 6.77. The van der Waals surface area contributed by atoms with Gasteiger partial charge in [-0.25, -0.2) is 0 Å². The summed E-state index contributed by atoms with van der Waals surface area (Å²) in [7, 11) is 0. The summed E-state index contributed by atoms with van der Waals surface area (Å²) in [5, 5.41) is 0. The highest BCUT2D eigenvalue weighted by atomic mass is 14.7. The van der Waals surface area contributed by atoms with Crippen molar-refractivity contribution in [3.05, 3.63) is 0 Å². The Morgan fingerprint density at radius 3 is 2.14 bits per heavy atom. The summed E-state index contributed by atoms with van der Waals surface area (Å²) in [6, 6.07) is 0. The maximum absolute atomic E-state index is 6.44. The van der Waals surface area contributed by atoms with Gasteiger partial charge in [0.2, 0.25) is 0 Å². The SMILES string of the molecule is CCCCCCC1(N)CCCCCC1. The molecule has 0 bridgehead atoms. The third-order valence-corrected chi connectivity index (χ3v) is 3.63. The van der Waals surface area contributed by atoms with Crippen LogP contribution in [-0.2, 0) is 0 Å². The number of unbranched alkanes of at least 4 members (excludes halogenated alkanes) is 3. The molecular weight excluding hydrogens is 170 g/mol. The lowest BCUT2D eigenvalue weighted by atomic mass is 9.86. The fraction of sp³-hybridized carbons (Fsp3) is 1.00. The normalized spacial score (nSPS) is 21.9. The van der Waals surface area contributed by atoms with E-state index in [1.165, 1.54) is 70.6 Å². The van der Waals surface area contributed by atoms with Crippen molar-refractivity contribution in [2.45, 2.75) is 83.1 Å². The maximum Gasteiger partial charge on any atom is 0.0154 e. The Hall–Kier alpha value is -0.0400. The summed E-state index contributed by atoms with van der Waals surface area (Å²) in [5.74, 6) is 0. The van der Waals surface area contributed by atoms with Crippen LogP contribution in [-0.4, -0.2) is 5.54 Å². The van der Waals surface area contributed by atoms with Crippen molar-refractivity contribution in [3.8, 4) is 0 Å². The maximum atomic E-state index is 6.44. The van der Waals surface area contributed by atoms with Crippen LogP contribution in [0.25, 0.3) is 0 Å². The first-order valence-electron chi connectivity index (χ1n) is 6.56. The number of nitrogens with two attached hydrogens (primary N) is 1. The highest BCUT2D eigenvalue weighted by Crippen LogP contribution is 2.29. The molecule has 0 aliphatic heterocycles. The van der Waals surface area contributed by atoms with Gasteiger partial charge in [0.05, 0.1) is 0 Å². The zero-order valence-electron chi connectivity index (χ0n) is 9.86. The molecule has 0 atom stereocenters. The second-order valence-electron chi connectivity index (χ2n) is 5.09. The Kier molecular flexibility index (Phi) is 5.54. The summed E-state index contributed by atoms with van der Waals surface area (Å²) in [4.78, 5) is 0. The summed E-state index contributed by atoms with van der Waals surface area (Å²) >= 11 is 0. The molecule has 1 heteroatoms. The molecule has 0 unspecified atom stereocenters. The summed E-state index contributed by atoms with van der Waals surface area (Å²) in [6.07, 6.45) is 14.8. The average molecular weight is 197 g/mol. The Morgan fingerprint density at radius 1 is 0.929 bits per heavy atom. The van der Waals surface area contributed by atoms with Crippen molar-refractivity contribution in [3.63, 3.8) is 0 Å². The molecule has 1 saturated carbocycles. The van der Waals surface area contributed by atoms with Gasteiger partial charge >= 0.3 is 0 Å². The molecule has 2 N–H and O–H groups in total. The minimum atomic E-state index is 0.213. The van der Waals surface area contributed by atoms with Crippen molar-refractivity contribution in [1.82, 2.24) is 0 Å². The van der Waals surface area contributed by atoms with Crippen LogP contribution < -0.4 is 5.73 Å². The van der Waals surface area contributed by atoms with Gasteiger partial charge < -0.3 is 5.73 Å². The van der Waals surface area contributed by atoms with E-state index < -0.39 is 0 Å². The van der Waals surface area contributed by atoms with Crippen LogP contribution in [0.3, 0.4) is 0 Å². The van der Waals surface area contributed by atoms with Crippen LogP contribution in [0.4, 0.5) is 0 Å². The third kappa shape index (κ3) is 4.45. The van der Waals surface area contributed by atoms with E-state index in [9.17, 15) is 0 Å². The smallest absolute Gasteiger partial charge is 0.0154 e. The average Bonchev–Trinajstić information content (AvgIpc) is 2.39. The molecule has 0 aromatic carbocycles. The fourth-order valence-corrected chi connectivity index (χ4v) is 2.59. The van der Waals surface area contributed by atoms with Crippen LogP contribution in [0.2, 0.25) is 0 Å². The zero-order chi connectivity index (χ0) is 10.3. The predicted molar refractivity (Wildman–Crippen MR) is 63.4 cm³/mol. The molecule has 1 aliphatic carbocycles. The summed E-state index contributed by atoms with van der Waals surface area (Å²) < 4.78 is 0. The molecule has 1 nitrogen and oxygen atoms in total. The van der Waals surface area contributed by atoms with E-state index in [1.54, 1.807) is 0 Å². The molecule has 1 fully saturated rings. The van der Waals surface area contributed by atoms with Gasteiger partial charge in [0.25, 0.3) is 0 Å². The molecular formula is C13H27N. The van der Waals surface area contributed by atoms with Crippen LogP contribution in [0.15, 0.2) is 0 Å². The lowest BCUT2D eigenvalue weighted by molar-refractivity contribution is 0.332. The second-order valence-corrected chi connectivity index (χ2v) is 5.09. The van der Waals surface area contributed by atoms with Gasteiger partial charge in [0.15, 0.2) is 0 Å². The van der Waals surface area contributed by atoms with E-state index in [2.05, 4.69) is 6.92 Å². The Labute approximate surface area is 89.5 Å². The Balaban J connectivity index is 2.17. The monoisotopic (exact) mass is 197 g/mol. The van der Waals surface area contributed by atoms with E-state index in [0.29, 0.717) is 0 Å². The van der Waals surface area contributed by atoms with E-state index in [4.69, 9.17) is 5.73 Å². The van der Waals surface area contributed by atoms with Gasteiger partial charge in [-0.2, -0.15) is 0 Å². The molecule has 1 rings (SSSR count). The standard InChI is InChI=1S/C13H27N/c1-2-3-4-7-10-13(14)11-8-5-6-9-12-13/h2-12,14H2,1H3. The van der Waals surface area contributed by atoms with Crippen molar-refractivity contribution >= 4 is 0 Å². The van der Waals surface area contributed by atoms with Crippen molar-refractivity contribution in [2.75, 3.05) is 0 Å². The minimum Gasteiger partial charge on any atom is -0.325 e. The topological polar surface area (TPSA) is 26.0 Å². The number of rotatable bonds is 5. The largest absolute Gasteiger partial charge is 0.325 e. The third-order valence-electron chi connectivity index (χ3n) is 3.63. The van der Waals surface area contributed by atoms with Gasteiger partial charge in [-0.15, -0.1) is 0 Å². The van der Waals surface area contributed by atoms with Crippen molar-refractivity contribution in [1.29, 1.82) is 0 Å². The molecule has 0 aromatic rings. The van der Waals surface area contributed by atoms with Gasteiger partial charge in [-0.05, 0) is 19.3 Å². The molecule has 0 saturated heterocycles. The van der Waals surface area contributed by atoms with Gasteiger partial charge in [0.1, 0.15) is 0 Å². The zero-order valence-corrected chi connectivity index (χ0v) is 9.86. The molecule has 0 aromatic heterocycles. The molecule has 84 valence electrons. The van der Waals surface area contributed by atoms with E-state index >= 15 is 0 Å². The van der Waals surface area contributed by atoms with Crippen LogP contribution >= 0.6 is 0 Å². The molecule has 14 heavy (non-hydrogen) atoms. The lowest BCUT2D eigenvalue weighted by Crippen LogP contribution is -2.38. The minimum absolute atomic E-state index is 0.213. The quantitative estimate of drug-likeness (QED) is 0.523. The first kappa shape index (κ1) is 12.0. The van der Waals surface area contributed by atoms with E-state index in [-0.39, 0.29) is 5.54 Å². The first-order valence-corrected chi connectivity index (χ1v) is 6.56. The van der Waals surface area contributed by atoms with Gasteiger partial charge in [0, 0.05) is 5.54 Å². The van der Waals surface area contributed by atoms with Gasteiger partial charge in [-0.1, -0.05) is 58.3 Å². The van der Waals surface area contributed by atoms with Crippen LogP contribution in [0, 0.1) is 0 Å². The predicted octanol–water partition coefficient (Wildman–Crippen LogP) is 4.01. The highest BCUT2D eigenvalue weighted by molar-refractivity contribution is 4.85. The summed E-state index contributed by atoms with van der Waals surface area (Å²) in [5.41, 5.74) is 6.65. The van der Waals surface area contributed by atoms with Crippen molar-refractivity contribution < 1.29 is 0 Å². The van der Waals surface area contributed by atoms with Gasteiger partial charge in [-0.3, -0.25) is 0 Å². The fourth-order valence-electron chi connectivity index (χ4n) is 2.59. The second kappa shape index (κ2) is 6.44. The van der Waals surface area contributed by atoms with Crippen LogP contribution in [0.1, 0.15) is 77.6 Å². The number of hydrogen-bond donors (Lipinski definition) is 1. The van der Waals surface area contributed by atoms with Crippen LogP contribution in [0.5, 0.6) is 0 Å². The molecule has 0 spiro atoms.